The second-order valence-electron chi connectivity index (χ2n) is 7.18. The number of hydrogen-bond acceptors (Lipinski definition) is 4. The van der Waals surface area contributed by atoms with Crippen LogP contribution >= 0.6 is 0 Å². The molecule has 1 aliphatic rings. The third-order valence-electron chi connectivity index (χ3n) is 4.90. The van der Waals surface area contributed by atoms with E-state index < -0.39 is 5.60 Å². The Kier molecular flexibility index (Phi) is 6.45. The molecule has 0 spiro atoms. The molecule has 1 aromatic carbocycles. The van der Waals surface area contributed by atoms with Gasteiger partial charge in [0, 0.05) is 19.5 Å². The van der Waals surface area contributed by atoms with Crippen LogP contribution < -0.4 is 10.6 Å². The van der Waals surface area contributed by atoms with Crippen molar-refractivity contribution < 1.29 is 5.11 Å². The summed E-state index contributed by atoms with van der Waals surface area (Å²) < 4.78 is 2.21. The Balaban J connectivity index is 1.66. The summed E-state index contributed by atoms with van der Waals surface area (Å²) in [6.07, 6.45) is 4.58. The van der Waals surface area contributed by atoms with E-state index in [4.69, 9.17) is 0 Å². The standard InChI is InChI=1S/C20H30N6O/c1-3-21-19(23-15-20(2,27)16-10-6-4-7-11-16)22-14-18-25-24-17-12-8-5-9-13-26(17)18/h4,6-7,10-11,27H,3,5,8-9,12-15H2,1-2H3,(H2,21,22,23). The molecule has 7 nitrogen and oxygen atoms in total. The first kappa shape index (κ1) is 19.4. The van der Waals surface area contributed by atoms with Gasteiger partial charge in [-0.1, -0.05) is 36.8 Å². The lowest BCUT2D eigenvalue weighted by Gasteiger charge is -2.25. The number of aliphatic imine (C=N–C) groups is 1. The fourth-order valence-electron chi connectivity index (χ4n) is 3.31. The van der Waals surface area contributed by atoms with Crippen LogP contribution in [0.5, 0.6) is 0 Å². The summed E-state index contributed by atoms with van der Waals surface area (Å²) >= 11 is 0. The van der Waals surface area contributed by atoms with Gasteiger partial charge in [0.1, 0.15) is 18.0 Å². The molecule has 0 saturated carbocycles. The molecule has 3 N–H and O–H groups in total. The molecule has 27 heavy (non-hydrogen) atoms. The van der Waals surface area contributed by atoms with Crippen LogP contribution in [0.15, 0.2) is 35.3 Å². The Morgan fingerprint density at radius 3 is 2.78 bits per heavy atom. The Morgan fingerprint density at radius 2 is 2.00 bits per heavy atom. The molecule has 0 saturated heterocycles. The molecular formula is C20H30N6O. The first-order valence-corrected chi connectivity index (χ1v) is 9.81. The number of aromatic nitrogens is 3. The summed E-state index contributed by atoms with van der Waals surface area (Å²) in [7, 11) is 0. The van der Waals surface area contributed by atoms with Crippen molar-refractivity contribution in [3.63, 3.8) is 0 Å². The highest BCUT2D eigenvalue weighted by molar-refractivity contribution is 5.79. The van der Waals surface area contributed by atoms with Crippen molar-refractivity contribution in [2.75, 3.05) is 13.1 Å². The van der Waals surface area contributed by atoms with Crippen LogP contribution in [0.2, 0.25) is 0 Å². The van der Waals surface area contributed by atoms with Crippen molar-refractivity contribution in [3.8, 4) is 0 Å². The topological polar surface area (TPSA) is 87.4 Å². The molecule has 3 rings (SSSR count). The minimum atomic E-state index is -0.983. The Hall–Kier alpha value is -2.41. The predicted molar refractivity (Wildman–Crippen MR) is 106 cm³/mol. The van der Waals surface area contributed by atoms with Crippen molar-refractivity contribution in [3.05, 3.63) is 47.5 Å². The first-order chi connectivity index (χ1) is 13.1. The number of nitrogens with one attached hydrogen (secondary N) is 2. The van der Waals surface area contributed by atoms with Crippen LogP contribution in [0.25, 0.3) is 0 Å². The van der Waals surface area contributed by atoms with Gasteiger partial charge in [-0.25, -0.2) is 4.99 Å². The average Bonchev–Trinajstić information content (AvgIpc) is 2.91. The highest BCUT2D eigenvalue weighted by atomic mass is 16.3. The normalized spacial score (nSPS) is 16.9. The third-order valence-corrected chi connectivity index (χ3v) is 4.90. The van der Waals surface area contributed by atoms with E-state index >= 15 is 0 Å². The molecule has 1 atom stereocenters. The van der Waals surface area contributed by atoms with Gasteiger partial charge in [0.15, 0.2) is 11.8 Å². The highest BCUT2D eigenvalue weighted by Crippen LogP contribution is 2.19. The van der Waals surface area contributed by atoms with E-state index in [-0.39, 0.29) is 0 Å². The highest BCUT2D eigenvalue weighted by Gasteiger charge is 2.23. The smallest absolute Gasteiger partial charge is 0.191 e. The van der Waals surface area contributed by atoms with Crippen molar-refractivity contribution in [2.24, 2.45) is 4.99 Å². The molecule has 1 aromatic heterocycles. The molecule has 2 aromatic rings. The van der Waals surface area contributed by atoms with E-state index in [9.17, 15) is 5.11 Å². The minimum Gasteiger partial charge on any atom is -0.384 e. The lowest BCUT2D eigenvalue weighted by Crippen LogP contribution is -2.44. The minimum absolute atomic E-state index is 0.362. The van der Waals surface area contributed by atoms with E-state index in [0.29, 0.717) is 19.0 Å². The van der Waals surface area contributed by atoms with Crippen LogP contribution in [0.3, 0.4) is 0 Å². The monoisotopic (exact) mass is 370 g/mol. The van der Waals surface area contributed by atoms with Gasteiger partial charge in [-0.05, 0) is 32.3 Å². The first-order valence-electron chi connectivity index (χ1n) is 9.81. The number of guanidine groups is 1. The van der Waals surface area contributed by atoms with Gasteiger partial charge >= 0.3 is 0 Å². The van der Waals surface area contributed by atoms with Crippen LogP contribution in [-0.4, -0.2) is 38.9 Å². The predicted octanol–water partition coefficient (Wildman–Crippen LogP) is 1.97. The Morgan fingerprint density at radius 1 is 1.19 bits per heavy atom. The van der Waals surface area contributed by atoms with Crippen LogP contribution in [0.4, 0.5) is 0 Å². The molecular weight excluding hydrogens is 340 g/mol. The van der Waals surface area contributed by atoms with Crippen LogP contribution in [-0.2, 0) is 25.1 Å². The van der Waals surface area contributed by atoms with Crippen molar-refractivity contribution in [1.82, 2.24) is 25.4 Å². The fraction of sp³-hybridized carbons (Fsp3) is 0.550. The van der Waals surface area contributed by atoms with Gasteiger partial charge in [-0.15, -0.1) is 10.2 Å². The lowest BCUT2D eigenvalue weighted by atomic mass is 9.96. The molecule has 0 fully saturated rings. The van der Waals surface area contributed by atoms with Gasteiger partial charge in [0.05, 0.1) is 6.54 Å². The summed E-state index contributed by atoms with van der Waals surface area (Å²) in [6, 6.07) is 9.66. The molecule has 1 unspecified atom stereocenters. The maximum Gasteiger partial charge on any atom is 0.191 e. The number of aliphatic hydroxyl groups is 1. The quantitative estimate of drug-likeness (QED) is 0.534. The maximum absolute atomic E-state index is 10.8. The number of hydrogen-bond donors (Lipinski definition) is 3. The Labute approximate surface area is 160 Å². The van der Waals surface area contributed by atoms with Crippen molar-refractivity contribution in [1.29, 1.82) is 0 Å². The number of aryl methyl sites for hydroxylation is 1. The lowest BCUT2D eigenvalue weighted by molar-refractivity contribution is 0.0617. The van der Waals surface area contributed by atoms with E-state index in [1.165, 1.54) is 19.3 Å². The molecule has 2 heterocycles. The summed E-state index contributed by atoms with van der Waals surface area (Å²) in [5, 5.41) is 25.9. The second-order valence-corrected chi connectivity index (χ2v) is 7.18. The average molecular weight is 371 g/mol. The molecule has 0 aliphatic carbocycles. The number of benzene rings is 1. The molecule has 1 aliphatic heterocycles. The van der Waals surface area contributed by atoms with Crippen LogP contribution in [0.1, 0.15) is 50.3 Å². The summed E-state index contributed by atoms with van der Waals surface area (Å²) in [4.78, 5) is 4.65. The molecule has 7 heteroatoms. The van der Waals surface area contributed by atoms with E-state index in [1.54, 1.807) is 6.92 Å². The summed E-state index contributed by atoms with van der Waals surface area (Å²) in [6.45, 7) is 6.38. The van der Waals surface area contributed by atoms with Gasteiger partial charge in [0.25, 0.3) is 0 Å². The molecule has 0 radical (unpaired) electrons. The number of nitrogens with zero attached hydrogens (tertiary/aromatic N) is 4. The van der Waals surface area contributed by atoms with Crippen LogP contribution in [0, 0.1) is 0 Å². The van der Waals surface area contributed by atoms with E-state index in [2.05, 4.69) is 30.4 Å². The largest absolute Gasteiger partial charge is 0.384 e. The van der Waals surface area contributed by atoms with E-state index in [0.717, 1.165) is 36.7 Å². The third kappa shape index (κ3) is 5.07. The zero-order chi connectivity index (χ0) is 19.1. The molecule has 0 bridgehead atoms. The second kappa shape index (κ2) is 8.99. The van der Waals surface area contributed by atoms with Crippen molar-refractivity contribution >= 4 is 5.96 Å². The molecule has 0 amide bonds. The zero-order valence-corrected chi connectivity index (χ0v) is 16.3. The summed E-state index contributed by atoms with van der Waals surface area (Å²) in [5.41, 5.74) is -0.111. The zero-order valence-electron chi connectivity index (χ0n) is 16.3. The fourth-order valence-corrected chi connectivity index (χ4v) is 3.31. The van der Waals surface area contributed by atoms with Gasteiger partial charge < -0.3 is 20.3 Å². The van der Waals surface area contributed by atoms with Gasteiger partial charge in [-0.2, -0.15) is 0 Å². The SMILES string of the molecule is CCNC(=NCc1nnc2n1CCCCC2)NCC(C)(O)c1ccccc1. The maximum atomic E-state index is 10.8. The van der Waals surface area contributed by atoms with Crippen molar-refractivity contribution in [2.45, 2.75) is 58.2 Å². The van der Waals surface area contributed by atoms with Gasteiger partial charge in [0.2, 0.25) is 0 Å². The van der Waals surface area contributed by atoms with Gasteiger partial charge in [-0.3, -0.25) is 0 Å². The van der Waals surface area contributed by atoms with E-state index in [1.807, 2.05) is 37.3 Å². The summed E-state index contributed by atoms with van der Waals surface area (Å²) in [5.74, 6) is 2.64. The number of rotatable bonds is 6. The number of fused-ring (bicyclic) bond motifs is 1. The Bertz CT molecular complexity index is 753. The molecule has 146 valence electrons.